The molecular formula is C36H58O9. The van der Waals surface area contributed by atoms with E-state index in [2.05, 4.69) is 54.5 Å². The summed E-state index contributed by atoms with van der Waals surface area (Å²) in [6, 6.07) is 0. The predicted octanol–water partition coefficient (Wildman–Crippen LogP) is 4.08. The van der Waals surface area contributed by atoms with Crippen molar-refractivity contribution in [2.75, 3.05) is 6.61 Å². The summed E-state index contributed by atoms with van der Waals surface area (Å²) in [5, 5.41) is 60.1. The molecule has 0 aromatic carbocycles. The number of aliphatic hydroxyl groups is 5. The summed E-state index contributed by atoms with van der Waals surface area (Å²) in [7, 11) is 0. The highest BCUT2D eigenvalue weighted by molar-refractivity contribution is 5.77. The molecule has 5 aliphatic carbocycles. The Bertz CT molecular complexity index is 1200. The van der Waals surface area contributed by atoms with Crippen LogP contribution in [0.3, 0.4) is 0 Å². The molecule has 0 bridgehead atoms. The minimum atomic E-state index is -2.06. The van der Waals surface area contributed by atoms with Crippen LogP contribution in [0.1, 0.15) is 106 Å². The quantitative estimate of drug-likeness (QED) is 0.179. The van der Waals surface area contributed by atoms with Gasteiger partial charge < -0.3 is 35.4 Å². The first-order valence-electron chi connectivity index (χ1n) is 17.3. The van der Waals surface area contributed by atoms with Crippen LogP contribution >= 0.6 is 0 Å². The highest BCUT2D eigenvalue weighted by atomic mass is 16.6. The van der Waals surface area contributed by atoms with Gasteiger partial charge in [0.2, 0.25) is 0 Å². The van der Waals surface area contributed by atoms with Crippen molar-refractivity contribution >= 4 is 11.9 Å². The van der Waals surface area contributed by atoms with Crippen molar-refractivity contribution in [2.24, 2.45) is 56.7 Å². The van der Waals surface area contributed by atoms with Crippen LogP contribution in [0.15, 0.2) is 11.6 Å². The van der Waals surface area contributed by atoms with Crippen molar-refractivity contribution in [3.63, 3.8) is 0 Å². The van der Waals surface area contributed by atoms with Crippen molar-refractivity contribution in [1.29, 1.82) is 0 Å². The number of esters is 1. The minimum Gasteiger partial charge on any atom is -0.481 e. The second-order valence-corrected chi connectivity index (χ2v) is 17.1. The first-order valence-corrected chi connectivity index (χ1v) is 17.3. The first kappa shape index (κ1) is 34.8. The molecule has 14 atom stereocenters. The molecule has 256 valence electrons. The molecule has 6 N–H and O–H groups in total. The van der Waals surface area contributed by atoms with Gasteiger partial charge in [-0.2, -0.15) is 0 Å². The Morgan fingerprint density at radius 2 is 1.56 bits per heavy atom. The summed E-state index contributed by atoms with van der Waals surface area (Å²) in [5.74, 6) is -0.192. The number of allylic oxidation sites excluding steroid dienone is 2. The van der Waals surface area contributed by atoms with Crippen molar-refractivity contribution in [2.45, 2.75) is 137 Å². The van der Waals surface area contributed by atoms with E-state index in [9.17, 15) is 35.1 Å². The Morgan fingerprint density at radius 3 is 2.18 bits per heavy atom. The fourth-order valence-electron chi connectivity index (χ4n) is 11.9. The smallest absolute Gasteiger partial charge is 0.338 e. The number of aliphatic carboxylic acids is 1. The minimum absolute atomic E-state index is 0.00300. The van der Waals surface area contributed by atoms with E-state index in [4.69, 9.17) is 9.84 Å². The molecule has 4 fully saturated rings. The third-order valence-corrected chi connectivity index (χ3v) is 15.1. The molecule has 9 nitrogen and oxygen atoms in total. The molecule has 0 aliphatic heterocycles. The molecule has 4 saturated carbocycles. The zero-order valence-electron chi connectivity index (χ0n) is 28.3. The molecule has 9 heteroatoms. The third kappa shape index (κ3) is 4.88. The SMILES string of the molecule is C[C@H]1[C@H](C)CC[C@]2(C(=O)O)CC[C@]3(C)C(=CC[C@@H]4[C@@]5(C)CC[C@H](OC(=O)[C@H](O)[C@@H](O)[C@H](O)[C@H](O)CO)C(C)(C)C5CC[C@]43C)[C@H]12. The van der Waals surface area contributed by atoms with Crippen molar-refractivity contribution in [1.82, 2.24) is 0 Å². The van der Waals surface area contributed by atoms with Gasteiger partial charge in [0, 0.05) is 5.41 Å². The van der Waals surface area contributed by atoms with Crippen molar-refractivity contribution in [3.05, 3.63) is 11.6 Å². The molecule has 0 radical (unpaired) electrons. The Labute approximate surface area is 268 Å². The van der Waals surface area contributed by atoms with Gasteiger partial charge in [-0.15, -0.1) is 0 Å². The molecule has 0 heterocycles. The van der Waals surface area contributed by atoms with E-state index in [1.54, 1.807) is 0 Å². The maximum absolute atomic E-state index is 13.0. The van der Waals surface area contributed by atoms with Gasteiger partial charge in [0.05, 0.1) is 12.0 Å². The summed E-state index contributed by atoms with van der Waals surface area (Å²) in [5.41, 5.74) is 0.163. The van der Waals surface area contributed by atoms with Gasteiger partial charge in [0.25, 0.3) is 0 Å². The van der Waals surface area contributed by atoms with Crippen LogP contribution in [0.4, 0.5) is 0 Å². The monoisotopic (exact) mass is 634 g/mol. The number of carboxylic acids is 1. The van der Waals surface area contributed by atoms with Crippen LogP contribution in [0.25, 0.3) is 0 Å². The van der Waals surface area contributed by atoms with E-state index in [0.717, 1.165) is 51.4 Å². The maximum Gasteiger partial charge on any atom is 0.338 e. The lowest BCUT2D eigenvalue weighted by Crippen LogP contribution is -2.65. The molecule has 5 rings (SSSR count). The molecule has 45 heavy (non-hydrogen) atoms. The lowest BCUT2D eigenvalue weighted by atomic mass is 9.33. The standard InChI is InChI=1S/C36H58O9/c1-19-10-15-36(31(43)44)17-16-34(6)21(26(36)20(19)2)8-9-24-33(5)13-12-25(32(3,4)23(33)11-14-35(24,34)7)45-30(42)29(41)28(40)27(39)22(38)18-37/h8,19-20,22-29,37-41H,9-18H2,1-7H3,(H,43,44)/t19-,20+,22-,23?,24-,25+,26+,27-,28+,29-,33+,34-,35-,36+/m1/s1. The van der Waals surface area contributed by atoms with Gasteiger partial charge in [-0.1, -0.05) is 60.1 Å². The van der Waals surface area contributed by atoms with Crippen LogP contribution in [-0.2, 0) is 14.3 Å². The number of carboxylic acid groups (broad SMARTS) is 1. The molecule has 0 amide bonds. The van der Waals surface area contributed by atoms with Gasteiger partial charge in [0.1, 0.15) is 24.4 Å². The van der Waals surface area contributed by atoms with Crippen LogP contribution < -0.4 is 0 Å². The maximum atomic E-state index is 13.0. The molecular weight excluding hydrogens is 576 g/mol. The molecule has 0 saturated heterocycles. The zero-order chi connectivity index (χ0) is 33.5. The number of rotatable bonds is 7. The Hall–Kier alpha value is -1.52. The van der Waals surface area contributed by atoms with Gasteiger partial charge in [-0.25, -0.2) is 4.79 Å². The summed E-state index contributed by atoms with van der Waals surface area (Å²) < 4.78 is 5.86. The number of carbonyl (C=O) groups excluding carboxylic acids is 1. The first-order chi connectivity index (χ1) is 20.8. The number of hydrogen-bond donors (Lipinski definition) is 6. The second kappa shape index (κ2) is 11.6. The Kier molecular flexibility index (Phi) is 8.95. The number of aliphatic hydroxyl groups excluding tert-OH is 5. The number of hydrogen-bond acceptors (Lipinski definition) is 8. The highest BCUT2D eigenvalue weighted by Crippen LogP contribution is 2.75. The van der Waals surface area contributed by atoms with E-state index in [-0.39, 0.29) is 28.1 Å². The van der Waals surface area contributed by atoms with E-state index >= 15 is 0 Å². The van der Waals surface area contributed by atoms with E-state index in [0.29, 0.717) is 24.2 Å². The van der Waals surface area contributed by atoms with Gasteiger partial charge >= 0.3 is 11.9 Å². The number of ether oxygens (including phenoxy) is 1. The van der Waals surface area contributed by atoms with Gasteiger partial charge in [-0.05, 0) is 104 Å². The van der Waals surface area contributed by atoms with Crippen LogP contribution in [-0.4, -0.2) is 79.7 Å². The van der Waals surface area contributed by atoms with Crippen LogP contribution in [0, 0.1) is 56.7 Å². The fourth-order valence-corrected chi connectivity index (χ4v) is 11.9. The largest absolute Gasteiger partial charge is 0.481 e. The Balaban J connectivity index is 1.41. The summed E-state index contributed by atoms with van der Waals surface area (Å²) >= 11 is 0. The Morgan fingerprint density at radius 1 is 0.889 bits per heavy atom. The molecule has 5 aliphatic rings. The van der Waals surface area contributed by atoms with Crippen molar-refractivity contribution < 1.29 is 45.0 Å². The van der Waals surface area contributed by atoms with Crippen LogP contribution in [0.2, 0.25) is 0 Å². The third-order valence-electron chi connectivity index (χ3n) is 15.1. The molecule has 0 aromatic rings. The van der Waals surface area contributed by atoms with Crippen molar-refractivity contribution in [3.8, 4) is 0 Å². The molecule has 0 aromatic heterocycles. The molecule has 0 spiro atoms. The van der Waals surface area contributed by atoms with Gasteiger partial charge in [0.15, 0.2) is 6.10 Å². The lowest BCUT2D eigenvalue weighted by molar-refractivity contribution is -0.220. The summed E-state index contributed by atoms with van der Waals surface area (Å²) in [6.07, 6.45) is 1.91. The van der Waals surface area contributed by atoms with Gasteiger partial charge in [-0.3, -0.25) is 4.79 Å². The summed E-state index contributed by atoms with van der Waals surface area (Å²) in [4.78, 5) is 25.9. The zero-order valence-corrected chi connectivity index (χ0v) is 28.3. The average Bonchev–Trinajstić information content (AvgIpc) is 2.98. The average molecular weight is 635 g/mol. The van der Waals surface area contributed by atoms with E-state index in [1.165, 1.54) is 5.57 Å². The second-order valence-electron chi connectivity index (χ2n) is 17.1. The normalized spacial score (nSPS) is 46.5. The summed E-state index contributed by atoms with van der Waals surface area (Å²) in [6.45, 7) is 15.3. The van der Waals surface area contributed by atoms with Crippen LogP contribution in [0.5, 0.6) is 0 Å². The fraction of sp³-hybridized carbons (Fsp3) is 0.889. The predicted molar refractivity (Wildman–Crippen MR) is 168 cm³/mol. The topological polar surface area (TPSA) is 165 Å². The molecule has 1 unspecified atom stereocenters. The lowest BCUT2D eigenvalue weighted by Gasteiger charge is -2.71. The van der Waals surface area contributed by atoms with E-state index in [1.807, 2.05) is 0 Å². The highest BCUT2D eigenvalue weighted by Gasteiger charge is 2.69. The number of fused-ring (bicyclic) bond motifs is 7. The van der Waals surface area contributed by atoms with E-state index < -0.39 is 59.9 Å². The number of carbonyl (C=O) groups is 2.